The van der Waals surface area contributed by atoms with Gasteiger partial charge in [-0.2, -0.15) is 5.26 Å². The molecular weight excluding hydrogens is 304 g/mol. The molecule has 2 aromatic carbocycles. The number of aliphatic carboxylic acids is 1. The van der Waals surface area contributed by atoms with Crippen molar-refractivity contribution in [1.82, 2.24) is 4.57 Å². The van der Waals surface area contributed by atoms with Crippen molar-refractivity contribution in [2.24, 2.45) is 0 Å². The molecule has 0 aliphatic heterocycles. The molecule has 1 heterocycles. The molecule has 5 heteroatoms. The van der Waals surface area contributed by atoms with Crippen LogP contribution in [0, 0.1) is 11.3 Å². The lowest BCUT2D eigenvalue weighted by Gasteiger charge is -2.06. The second-order valence-electron chi connectivity index (χ2n) is 5.14. The van der Waals surface area contributed by atoms with Crippen LogP contribution in [0.25, 0.3) is 22.7 Å². The van der Waals surface area contributed by atoms with E-state index in [9.17, 15) is 4.79 Å². The molecule has 24 heavy (non-hydrogen) atoms. The monoisotopic (exact) mass is 318 g/mol. The lowest BCUT2D eigenvalue weighted by molar-refractivity contribution is -0.132. The zero-order chi connectivity index (χ0) is 17.1. The second-order valence-corrected chi connectivity index (χ2v) is 5.14. The van der Waals surface area contributed by atoms with Crippen molar-refractivity contribution in [2.75, 3.05) is 7.11 Å². The molecule has 0 saturated carbocycles. The molecule has 0 aliphatic carbocycles. The van der Waals surface area contributed by atoms with E-state index in [1.54, 1.807) is 13.2 Å². The van der Waals surface area contributed by atoms with Gasteiger partial charge in [-0.15, -0.1) is 0 Å². The van der Waals surface area contributed by atoms with Gasteiger partial charge in [-0.3, -0.25) is 0 Å². The Hall–Kier alpha value is -3.52. The Kier molecular flexibility index (Phi) is 4.04. The lowest BCUT2D eigenvalue weighted by Crippen LogP contribution is -1.97. The molecular formula is C19H14N2O3. The van der Waals surface area contributed by atoms with Crippen molar-refractivity contribution < 1.29 is 14.6 Å². The van der Waals surface area contributed by atoms with Crippen LogP contribution < -0.4 is 4.74 Å². The van der Waals surface area contributed by atoms with Crippen LogP contribution in [0.2, 0.25) is 0 Å². The van der Waals surface area contributed by atoms with E-state index in [0.29, 0.717) is 5.56 Å². The van der Waals surface area contributed by atoms with Crippen LogP contribution in [0.4, 0.5) is 0 Å². The van der Waals surface area contributed by atoms with E-state index in [1.165, 1.54) is 6.08 Å². The highest BCUT2D eigenvalue weighted by atomic mass is 16.5. The number of para-hydroxylation sites is 1. The van der Waals surface area contributed by atoms with Gasteiger partial charge in [-0.25, -0.2) is 4.79 Å². The third-order valence-corrected chi connectivity index (χ3v) is 3.74. The Morgan fingerprint density at radius 2 is 1.92 bits per heavy atom. The van der Waals surface area contributed by atoms with Crippen molar-refractivity contribution in [1.29, 1.82) is 5.26 Å². The summed E-state index contributed by atoms with van der Waals surface area (Å²) in [5.74, 6) is -0.480. The quantitative estimate of drug-likeness (QED) is 0.589. The second kappa shape index (κ2) is 6.31. The highest BCUT2D eigenvalue weighted by Gasteiger charge is 2.12. The van der Waals surface area contributed by atoms with Crippen molar-refractivity contribution >= 4 is 22.9 Å². The van der Waals surface area contributed by atoms with Gasteiger partial charge in [0.25, 0.3) is 0 Å². The number of nitriles is 1. The van der Waals surface area contributed by atoms with Crippen LogP contribution in [0.15, 0.2) is 60.3 Å². The van der Waals surface area contributed by atoms with Crippen LogP contribution in [-0.2, 0) is 4.79 Å². The van der Waals surface area contributed by atoms with E-state index in [1.807, 2.05) is 59.3 Å². The molecule has 0 bridgehead atoms. The van der Waals surface area contributed by atoms with Crippen LogP contribution in [0.5, 0.6) is 5.75 Å². The molecule has 0 unspecified atom stereocenters. The van der Waals surface area contributed by atoms with E-state index >= 15 is 0 Å². The SMILES string of the molecule is COc1ccc(-n2cc(/C=C(\C#N)C(=O)O)c3ccccc32)cc1. The molecule has 3 aromatic rings. The molecule has 0 spiro atoms. The molecule has 0 saturated heterocycles. The smallest absolute Gasteiger partial charge is 0.346 e. The number of carboxylic acid groups (broad SMARTS) is 1. The number of benzene rings is 2. The maximum atomic E-state index is 11.1. The summed E-state index contributed by atoms with van der Waals surface area (Å²) in [6, 6.07) is 16.9. The van der Waals surface area contributed by atoms with Gasteiger partial charge in [0, 0.05) is 22.8 Å². The minimum absolute atomic E-state index is 0.298. The molecule has 0 atom stereocenters. The number of hydrogen-bond donors (Lipinski definition) is 1. The normalized spacial score (nSPS) is 11.2. The van der Waals surface area contributed by atoms with Crippen LogP contribution >= 0.6 is 0 Å². The Bertz CT molecular complexity index is 976. The van der Waals surface area contributed by atoms with Gasteiger partial charge >= 0.3 is 5.97 Å². The molecule has 118 valence electrons. The number of methoxy groups -OCH3 is 1. The summed E-state index contributed by atoms with van der Waals surface area (Å²) in [7, 11) is 1.61. The fraction of sp³-hybridized carbons (Fsp3) is 0.0526. The number of fused-ring (bicyclic) bond motifs is 1. The minimum Gasteiger partial charge on any atom is -0.497 e. The van der Waals surface area contributed by atoms with Gasteiger partial charge in [0.05, 0.1) is 12.6 Å². The summed E-state index contributed by atoms with van der Waals surface area (Å²) in [4.78, 5) is 11.1. The zero-order valence-electron chi connectivity index (χ0n) is 12.9. The Morgan fingerprint density at radius 1 is 1.21 bits per heavy atom. The standard InChI is InChI=1S/C19H14N2O3/c1-24-16-8-6-15(7-9-16)21-12-14(10-13(11-20)19(22)23)17-4-2-3-5-18(17)21/h2-10,12H,1H3,(H,22,23)/b13-10+. The van der Waals surface area contributed by atoms with Crippen LogP contribution in [0.1, 0.15) is 5.56 Å². The lowest BCUT2D eigenvalue weighted by atomic mass is 10.1. The highest BCUT2D eigenvalue weighted by molar-refractivity contribution is 6.00. The predicted molar refractivity (Wildman–Crippen MR) is 91.1 cm³/mol. The summed E-state index contributed by atoms with van der Waals surface area (Å²) < 4.78 is 7.13. The number of hydrogen-bond acceptors (Lipinski definition) is 3. The first-order chi connectivity index (χ1) is 11.6. The van der Waals surface area contributed by atoms with Crippen LogP contribution in [0.3, 0.4) is 0 Å². The first-order valence-corrected chi connectivity index (χ1v) is 7.23. The number of nitrogens with zero attached hydrogens (tertiary/aromatic N) is 2. The molecule has 1 aromatic heterocycles. The minimum atomic E-state index is -1.24. The van der Waals surface area contributed by atoms with Gasteiger partial charge in [-0.1, -0.05) is 18.2 Å². The summed E-state index contributed by atoms with van der Waals surface area (Å²) in [5.41, 5.74) is 2.23. The van der Waals surface area contributed by atoms with E-state index in [2.05, 4.69) is 0 Å². The summed E-state index contributed by atoms with van der Waals surface area (Å²) in [6.07, 6.45) is 3.22. The van der Waals surface area contributed by atoms with Crippen molar-refractivity contribution in [3.05, 3.63) is 65.9 Å². The molecule has 5 nitrogen and oxygen atoms in total. The average molecular weight is 318 g/mol. The first-order valence-electron chi connectivity index (χ1n) is 7.23. The average Bonchev–Trinajstić information content (AvgIpc) is 2.98. The Morgan fingerprint density at radius 3 is 2.54 bits per heavy atom. The van der Waals surface area contributed by atoms with Crippen molar-refractivity contribution in [3.63, 3.8) is 0 Å². The third-order valence-electron chi connectivity index (χ3n) is 3.74. The molecule has 0 aliphatic rings. The maximum Gasteiger partial charge on any atom is 0.346 e. The molecule has 1 N–H and O–H groups in total. The van der Waals surface area contributed by atoms with Crippen LogP contribution in [-0.4, -0.2) is 22.8 Å². The van der Waals surface area contributed by atoms with E-state index in [-0.39, 0.29) is 5.57 Å². The Labute approximate surface area is 138 Å². The summed E-state index contributed by atoms with van der Waals surface area (Å²) in [5, 5.41) is 18.9. The summed E-state index contributed by atoms with van der Waals surface area (Å²) in [6.45, 7) is 0. The van der Waals surface area contributed by atoms with Gasteiger partial charge in [0.15, 0.2) is 0 Å². The fourth-order valence-corrected chi connectivity index (χ4v) is 2.57. The Balaban J connectivity index is 2.20. The predicted octanol–water partition coefficient (Wildman–Crippen LogP) is 3.63. The number of rotatable bonds is 4. The van der Waals surface area contributed by atoms with Gasteiger partial charge < -0.3 is 14.4 Å². The number of carbonyl (C=O) groups is 1. The molecule has 0 amide bonds. The van der Waals surface area contributed by atoms with E-state index in [0.717, 1.165) is 22.3 Å². The van der Waals surface area contributed by atoms with Crippen molar-refractivity contribution in [3.8, 4) is 17.5 Å². The fourth-order valence-electron chi connectivity index (χ4n) is 2.57. The largest absolute Gasteiger partial charge is 0.497 e. The van der Waals surface area contributed by atoms with Gasteiger partial charge in [0.1, 0.15) is 17.4 Å². The topological polar surface area (TPSA) is 75.2 Å². The van der Waals surface area contributed by atoms with Gasteiger partial charge in [-0.05, 0) is 36.4 Å². The maximum absolute atomic E-state index is 11.1. The van der Waals surface area contributed by atoms with Gasteiger partial charge in [0.2, 0.25) is 0 Å². The third kappa shape index (κ3) is 2.73. The number of carboxylic acids is 1. The highest BCUT2D eigenvalue weighted by Crippen LogP contribution is 2.27. The summed E-state index contributed by atoms with van der Waals surface area (Å²) >= 11 is 0. The number of aromatic nitrogens is 1. The molecule has 3 rings (SSSR count). The van der Waals surface area contributed by atoms with Crippen molar-refractivity contribution in [2.45, 2.75) is 0 Å². The first kappa shape index (κ1) is 15.4. The number of ether oxygens (including phenoxy) is 1. The molecule has 0 radical (unpaired) electrons. The van der Waals surface area contributed by atoms with E-state index in [4.69, 9.17) is 15.1 Å². The molecule has 0 fully saturated rings. The zero-order valence-corrected chi connectivity index (χ0v) is 12.9. The van der Waals surface area contributed by atoms with E-state index < -0.39 is 5.97 Å².